The van der Waals surface area contributed by atoms with Crippen molar-refractivity contribution >= 4 is 29.3 Å². The van der Waals surface area contributed by atoms with Crippen LogP contribution >= 0.6 is 0 Å². The Kier molecular flexibility index (Phi) is 7.28. The summed E-state index contributed by atoms with van der Waals surface area (Å²) in [4.78, 5) is 54.5. The average molecular weight is 480 g/mol. The Labute approximate surface area is 204 Å². The van der Waals surface area contributed by atoms with E-state index < -0.39 is 23.3 Å². The van der Waals surface area contributed by atoms with Gasteiger partial charge in [0.25, 0.3) is 5.91 Å². The molecule has 1 heterocycles. The second-order valence-electron chi connectivity index (χ2n) is 9.47. The van der Waals surface area contributed by atoms with Gasteiger partial charge in [-0.15, -0.1) is 0 Å². The maximum atomic E-state index is 13.4. The first kappa shape index (κ1) is 24.6. The highest BCUT2D eigenvalue weighted by atomic mass is 19.1. The molecular weight excluding hydrogens is 449 g/mol. The van der Waals surface area contributed by atoms with Crippen molar-refractivity contribution in [3.05, 3.63) is 66.0 Å². The summed E-state index contributed by atoms with van der Waals surface area (Å²) in [7, 11) is 1.59. The first-order valence-corrected chi connectivity index (χ1v) is 12.0. The summed E-state index contributed by atoms with van der Waals surface area (Å²) in [6.07, 6.45) is 4.10. The number of benzene rings is 2. The van der Waals surface area contributed by atoms with E-state index >= 15 is 0 Å². The van der Waals surface area contributed by atoms with Crippen LogP contribution in [0.2, 0.25) is 0 Å². The summed E-state index contributed by atoms with van der Waals surface area (Å²) in [6, 6.07) is 14.4. The van der Waals surface area contributed by atoms with E-state index in [1.54, 1.807) is 7.05 Å². The minimum Gasteiger partial charge on any atom is -0.323 e. The lowest BCUT2D eigenvalue weighted by molar-refractivity contribution is -0.136. The van der Waals surface area contributed by atoms with Crippen LogP contribution in [0.4, 0.5) is 14.9 Å². The predicted octanol–water partition coefficient (Wildman–Crippen LogP) is 3.86. The van der Waals surface area contributed by atoms with Gasteiger partial charge >= 0.3 is 6.03 Å². The Morgan fingerprint density at radius 1 is 1.03 bits per heavy atom. The summed E-state index contributed by atoms with van der Waals surface area (Å²) in [6.45, 7) is -0.356. The number of Topliss-reactive ketones (excluding diaryl/α,β-unsaturated/α-hetero) is 1. The van der Waals surface area contributed by atoms with Crippen molar-refractivity contribution in [3.63, 3.8) is 0 Å². The van der Waals surface area contributed by atoms with E-state index in [0.717, 1.165) is 29.7 Å². The third kappa shape index (κ3) is 5.42. The molecule has 1 saturated heterocycles. The van der Waals surface area contributed by atoms with Gasteiger partial charge in [0.05, 0.1) is 6.54 Å². The first-order valence-electron chi connectivity index (χ1n) is 12.0. The van der Waals surface area contributed by atoms with Crippen molar-refractivity contribution in [2.24, 2.45) is 5.92 Å². The number of carbonyl (C=O) groups is 4. The Hall–Kier alpha value is -3.55. The normalized spacial score (nSPS) is 17.8. The molecule has 0 unspecified atom stereocenters. The minimum atomic E-state index is -0.891. The highest BCUT2D eigenvalue weighted by molar-refractivity contribution is 6.09. The van der Waals surface area contributed by atoms with Gasteiger partial charge < -0.3 is 10.2 Å². The van der Waals surface area contributed by atoms with Crippen LogP contribution in [0.1, 0.15) is 44.1 Å². The fourth-order valence-corrected chi connectivity index (χ4v) is 5.04. The van der Waals surface area contributed by atoms with Gasteiger partial charge in [0.2, 0.25) is 5.91 Å². The number of halogens is 1. The highest BCUT2D eigenvalue weighted by Gasteiger charge is 2.51. The number of nitrogens with one attached hydrogen (secondary N) is 1. The standard InChI is InChI=1S/C27H30FN3O4/c1-30(22-12-10-21(28)11-13-22)24(33)20(16-19-8-4-2-5-9-19)17-23(32)18-31-25(34)27(29-26(31)35)14-6-3-7-15-27/h2,4-5,8-13,20H,3,6-7,14-18H2,1H3,(H,29,35)/t20-/m1/s1. The molecule has 2 aromatic rings. The molecule has 0 bridgehead atoms. The molecule has 0 aromatic heterocycles. The smallest absolute Gasteiger partial charge is 0.323 e. The van der Waals surface area contributed by atoms with E-state index in [-0.39, 0.29) is 30.6 Å². The van der Waals surface area contributed by atoms with Crippen molar-refractivity contribution in [2.75, 3.05) is 18.5 Å². The van der Waals surface area contributed by atoms with Crippen molar-refractivity contribution in [2.45, 2.75) is 50.5 Å². The number of hydrogen-bond acceptors (Lipinski definition) is 4. The molecule has 184 valence electrons. The predicted molar refractivity (Wildman–Crippen MR) is 129 cm³/mol. The maximum absolute atomic E-state index is 13.4. The lowest BCUT2D eigenvalue weighted by Gasteiger charge is -2.30. The number of hydrogen-bond donors (Lipinski definition) is 1. The van der Waals surface area contributed by atoms with Gasteiger partial charge in [0, 0.05) is 25.1 Å². The molecule has 1 atom stereocenters. The van der Waals surface area contributed by atoms with Crippen molar-refractivity contribution in [3.8, 4) is 0 Å². The molecule has 2 fully saturated rings. The highest BCUT2D eigenvalue weighted by Crippen LogP contribution is 2.33. The van der Waals surface area contributed by atoms with Crippen LogP contribution < -0.4 is 10.2 Å². The van der Waals surface area contributed by atoms with Gasteiger partial charge in [0.15, 0.2) is 5.78 Å². The number of ketones is 1. The Bertz CT molecular complexity index is 1100. The molecule has 35 heavy (non-hydrogen) atoms. The van der Waals surface area contributed by atoms with Crippen LogP contribution in [0.5, 0.6) is 0 Å². The molecule has 1 aliphatic heterocycles. The number of carbonyl (C=O) groups excluding carboxylic acids is 4. The lowest BCUT2D eigenvalue weighted by Crippen LogP contribution is -2.48. The Morgan fingerprint density at radius 3 is 2.34 bits per heavy atom. The summed E-state index contributed by atoms with van der Waals surface area (Å²) < 4.78 is 13.3. The number of rotatable bonds is 8. The fourth-order valence-electron chi connectivity index (χ4n) is 5.04. The molecule has 4 rings (SSSR count). The van der Waals surface area contributed by atoms with Gasteiger partial charge in [-0.25, -0.2) is 9.18 Å². The molecular formula is C27H30FN3O4. The van der Waals surface area contributed by atoms with E-state index in [0.29, 0.717) is 24.9 Å². The molecule has 1 saturated carbocycles. The second-order valence-corrected chi connectivity index (χ2v) is 9.47. The van der Waals surface area contributed by atoms with E-state index in [1.807, 2.05) is 30.3 Å². The van der Waals surface area contributed by atoms with Crippen molar-refractivity contribution in [1.29, 1.82) is 0 Å². The largest absolute Gasteiger partial charge is 0.325 e. The van der Waals surface area contributed by atoms with Crippen molar-refractivity contribution < 1.29 is 23.6 Å². The van der Waals surface area contributed by atoms with Crippen LogP contribution in [0.15, 0.2) is 54.6 Å². The number of amides is 4. The molecule has 1 N–H and O–H groups in total. The van der Waals surface area contributed by atoms with E-state index in [9.17, 15) is 23.6 Å². The van der Waals surface area contributed by atoms with Crippen LogP contribution in [0.3, 0.4) is 0 Å². The van der Waals surface area contributed by atoms with Crippen molar-refractivity contribution in [1.82, 2.24) is 10.2 Å². The molecule has 1 aliphatic carbocycles. The van der Waals surface area contributed by atoms with Crippen LogP contribution in [-0.4, -0.2) is 47.7 Å². The number of imide groups is 1. The third-order valence-corrected chi connectivity index (χ3v) is 6.98. The van der Waals surface area contributed by atoms with Gasteiger partial charge in [-0.1, -0.05) is 49.6 Å². The molecule has 2 aliphatic rings. The zero-order valence-corrected chi connectivity index (χ0v) is 19.8. The van der Waals surface area contributed by atoms with Gasteiger partial charge in [-0.05, 0) is 49.1 Å². The van der Waals surface area contributed by atoms with Gasteiger partial charge in [0.1, 0.15) is 11.4 Å². The molecule has 1 spiro atoms. The quantitative estimate of drug-likeness (QED) is 0.583. The summed E-state index contributed by atoms with van der Waals surface area (Å²) in [5, 5.41) is 2.81. The number of urea groups is 1. The zero-order valence-electron chi connectivity index (χ0n) is 19.8. The average Bonchev–Trinajstić information content (AvgIpc) is 3.08. The summed E-state index contributed by atoms with van der Waals surface area (Å²) in [5.74, 6) is -2.11. The summed E-state index contributed by atoms with van der Waals surface area (Å²) in [5.41, 5.74) is 0.509. The second kappa shape index (κ2) is 10.4. The SMILES string of the molecule is CN(C(=O)[C@@H](CC(=O)CN1C(=O)NC2(CCCCC2)C1=O)Cc1ccccc1)c1ccc(F)cc1. The Balaban J connectivity index is 1.48. The number of nitrogens with zero attached hydrogens (tertiary/aromatic N) is 2. The molecule has 2 aromatic carbocycles. The number of anilines is 1. The summed E-state index contributed by atoms with van der Waals surface area (Å²) >= 11 is 0. The molecule has 0 radical (unpaired) electrons. The van der Waals surface area contributed by atoms with Gasteiger partial charge in [-0.3, -0.25) is 19.3 Å². The molecule has 4 amide bonds. The molecule has 7 nitrogen and oxygen atoms in total. The van der Waals surface area contributed by atoms with E-state index in [4.69, 9.17) is 0 Å². The zero-order chi connectivity index (χ0) is 25.0. The monoisotopic (exact) mass is 479 g/mol. The minimum absolute atomic E-state index is 0.122. The molecule has 8 heteroatoms. The lowest BCUT2D eigenvalue weighted by atomic mass is 9.81. The topological polar surface area (TPSA) is 86.8 Å². The van der Waals surface area contributed by atoms with Crippen LogP contribution in [-0.2, 0) is 20.8 Å². The maximum Gasteiger partial charge on any atom is 0.325 e. The fraction of sp³-hybridized carbons (Fsp3) is 0.407. The van der Waals surface area contributed by atoms with Crippen LogP contribution in [0.25, 0.3) is 0 Å². The first-order chi connectivity index (χ1) is 16.8. The third-order valence-electron chi connectivity index (χ3n) is 6.98. The Morgan fingerprint density at radius 2 is 1.69 bits per heavy atom. The van der Waals surface area contributed by atoms with Crippen LogP contribution in [0, 0.1) is 11.7 Å². The van der Waals surface area contributed by atoms with E-state index in [1.165, 1.54) is 29.2 Å². The van der Waals surface area contributed by atoms with Gasteiger partial charge in [-0.2, -0.15) is 0 Å². The van der Waals surface area contributed by atoms with E-state index in [2.05, 4.69) is 5.32 Å².